The van der Waals surface area contributed by atoms with Gasteiger partial charge in [0.1, 0.15) is 0 Å². The first-order valence-corrected chi connectivity index (χ1v) is 12.9. The summed E-state index contributed by atoms with van der Waals surface area (Å²) in [6.07, 6.45) is 15.2. The monoisotopic (exact) mass is 461 g/mol. The molecule has 3 heterocycles. The Labute approximate surface area is 198 Å². The van der Waals surface area contributed by atoms with Gasteiger partial charge in [-0.15, -0.1) is 0 Å². The van der Waals surface area contributed by atoms with Gasteiger partial charge in [-0.3, -0.25) is 9.78 Å². The van der Waals surface area contributed by atoms with Gasteiger partial charge < -0.3 is 19.8 Å². The fraction of sp³-hybridized carbons (Fsp3) is 0.615. The summed E-state index contributed by atoms with van der Waals surface area (Å²) >= 11 is 0. The normalized spacial score (nSPS) is 33.4. The van der Waals surface area contributed by atoms with Crippen molar-refractivity contribution in [3.63, 3.8) is 0 Å². The Kier molecular flexibility index (Phi) is 4.63. The van der Waals surface area contributed by atoms with Gasteiger partial charge in [0.15, 0.2) is 0 Å². The molecule has 178 valence electrons. The summed E-state index contributed by atoms with van der Waals surface area (Å²) in [4.78, 5) is 23.9. The van der Waals surface area contributed by atoms with Crippen LogP contribution in [-0.4, -0.2) is 55.8 Å². The fourth-order valence-corrected chi connectivity index (χ4v) is 7.56. The molecule has 8 rings (SSSR count). The fourth-order valence-electron chi connectivity index (χ4n) is 7.56. The number of anilines is 1. The van der Waals surface area contributed by atoms with Crippen LogP contribution in [-0.2, 0) is 6.42 Å². The minimum atomic E-state index is -0.464. The van der Waals surface area contributed by atoms with E-state index in [1.165, 1.54) is 12.8 Å². The highest BCUT2D eigenvalue weighted by atomic mass is 16.5. The molecular weight excluding hydrogens is 430 g/mol. The third-order valence-electron chi connectivity index (χ3n) is 8.84. The third kappa shape index (κ3) is 3.29. The topological polar surface area (TPSA) is 104 Å². The second-order valence-electron chi connectivity index (χ2n) is 11.2. The lowest BCUT2D eigenvalue weighted by molar-refractivity contribution is -0.129. The maximum Gasteiger partial charge on any atom is 0.295 e. The van der Waals surface area contributed by atoms with Crippen LogP contribution in [0.5, 0.6) is 0 Å². The van der Waals surface area contributed by atoms with Crippen molar-refractivity contribution in [1.82, 2.24) is 20.0 Å². The molecule has 4 bridgehead atoms. The largest absolute Gasteiger partial charge is 0.390 e. The highest BCUT2D eigenvalue weighted by molar-refractivity contribution is 5.91. The van der Waals surface area contributed by atoms with Crippen molar-refractivity contribution in [3.8, 4) is 11.5 Å². The van der Waals surface area contributed by atoms with Crippen molar-refractivity contribution in [3.05, 3.63) is 29.4 Å². The van der Waals surface area contributed by atoms with Gasteiger partial charge in [-0.1, -0.05) is 17.3 Å². The highest BCUT2D eigenvalue weighted by Gasteiger charge is 2.55. The Morgan fingerprint density at radius 2 is 1.94 bits per heavy atom. The van der Waals surface area contributed by atoms with Crippen molar-refractivity contribution in [1.29, 1.82) is 0 Å². The first kappa shape index (κ1) is 20.6. The number of nitrogens with zero attached hydrogens (tertiary/aromatic N) is 4. The smallest absolute Gasteiger partial charge is 0.295 e. The zero-order valence-electron chi connectivity index (χ0n) is 19.4. The van der Waals surface area contributed by atoms with Crippen LogP contribution >= 0.6 is 0 Å². The number of rotatable bonds is 4. The number of hydrogen-bond acceptors (Lipinski definition) is 7. The van der Waals surface area contributed by atoms with Gasteiger partial charge in [0.05, 0.1) is 22.5 Å². The molecule has 0 radical (unpaired) electrons. The lowest BCUT2D eigenvalue weighted by Gasteiger charge is -2.58. The number of nitrogens with one attached hydrogen (secondary N) is 1. The molecule has 0 aromatic carbocycles. The van der Waals surface area contributed by atoms with Gasteiger partial charge in [0.25, 0.3) is 17.6 Å². The predicted octanol–water partition coefficient (Wildman–Crippen LogP) is 3.68. The van der Waals surface area contributed by atoms with Crippen LogP contribution in [0, 0.1) is 17.8 Å². The Balaban J connectivity index is 1.22. The molecule has 5 fully saturated rings. The average Bonchev–Trinajstić information content (AvgIpc) is 3.50. The second kappa shape index (κ2) is 7.63. The lowest BCUT2D eigenvalue weighted by Crippen LogP contribution is -2.59. The Hall–Kier alpha value is -2.74. The van der Waals surface area contributed by atoms with Gasteiger partial charge in [-0.25, -0.2) is 0 Å². The van der Waals surface area contributed by atoms with E-state index in [-0.39, 0.29) is 11.7 Å². The van der Waals surface area contributed by atoms with Gasteiger partial charge >= 0.3 is 0 Å². The summed E-state index contributed by atoms with van der Waals surface area (Å²) in [5, 5.41) is 19.0. The Morgan fingerprint density at radius 3 is 2.71 bits per heavy atom. The standard InChI is InChI=1S/C26H31N5O3/c32-25(31-7-2-1-3-8-31)23-29-24(34-30-23)19-14-27-20-6-4-5-18(20)22(19)28-21-16-9-15-10-17(21)13-26(33,11-15)12-16/h4-5,14-17,21,33H,1-3,6-13H2,(H,27,28). The molecule has 2 unspecified atom stereocenters. The first-order valence-electron chi connectivity index (χ1n) is 12.9. The number of hydrogen-bond donors (Lipinski definition) is 2. The van der Waals surface area contributed by atoms with E-state index in [0.717, 1.165) is 80.5 Å². The summed E-state index contributed by atoms with van der Waals surface area (Å²) in [6, 6.07) is 0.313. The maximum atomic E-state index is 12.9. The summed E-state index contributed by atoms with van der Waals surface area (Å²) in [6.45, 7) is 1.50. The van der Waals surface area contributed by atoms with Crippen molar-refractivity contribution < 1.29 is 14.4 Å². The van der Waals surface area contributed by atoms with E-state index in [0.29, 0.717) is 29.7 Å². The number of piperidine rings is 1. The molecule has 1 saturated heterocycles. The number of fused-ring (bicyclic) bond motifs is 1. The van der Waals surface area contributed by atoms with E-state index in [1.807, 2.05) is 4.90 Å². The van der Waals surface area contributed by atoms with E-state index < -0.39 is 5.60 Å². The zero-order valence-corrected chi connectivity index (χ0v) is 19.4. The van der Waals surface area contributed by atoms with E-state index in [2.05, 4.69) is 32.6 Å². The molecular formula is C26H31N5O3. The van der Waals surface area contributed by atoms with Crippen LogP contribution in [0.4, 0.5) is 5.69 Å². The molecule has 4 saturated carbocycles. The lowest BCUT2D eigenvalue weighted by atomic mass is 9.52. The molecule has 6 aliphatic rings. The van der Waals surface area contributed by atoms with Gasteiger partial charge in [0, 0.05) is 37.3 Å². The molecule has 2 aromatic rings. The van der Waals surface area contributed by atoms with Crippen LogP contribution in [0.25, 0.3) is 17.5 Å². The minimum Gasteiger partial charge on any atom is -0.390 e. The number of aliphatic hydroxyl groups is 1. The molecule has 2 N–H and O–H groups in total. The van der Waals surface area contributed by atoms with Crippen molar-refractivity contribution in [2.24, 2.45) is 17.8 Å². The van der Waals surface area contributed by atoms with Crippen LogP contribution < -0.4 is 5.32 Å². The molecule has 1 amide bonds. The maximum absolute atomic E-state index is 12.9. The Morgan fingerprint density at radius 1 is 1.15 bits per heavy atom. The highest BCUT2D eigenvalue weighted by Crippen LogP contribution is 2.56. The quantitative estimate of drug-likeness (QED) is 0.716. The summed E-state index contributed by atoms with van der Waals surface area (Å²) < 4.78 is 5.63. The minimum absolute atomic E-state index is 0.121. The van der Waals surface area contributed by atoms with Crippen molar-refractivity contribution in [2.45, 2.75) is 69.4 Å². The molecule has 8 nitrogen and oxygen atoms in total. The van der Waals surface area contributed by atoms with Gasteiger partial charge in [-0.05, 0) is 69.1 Å². The summed E-state index contributed by atoms with van der Waals surface area (Å²) in [7, 11) is 0. The molecule has 2 aromatic heterocycles. The number of allylic oxidation sites excluding steroid dienone is 1. The summed E-state index contributed by atoms with van der Waals surface area (Å²) in [5.74, 6) is 1.89. The average molecular weight is 462 g/mol. The van der Waals surface area contributed by atoms with Crippen molar-refractivity contribution in [2.75, 3.05) is 18.4 Å². The molecule has 0 spiro atoms. The van der Waals surface area contributed by atoms with E-state index in [1.54, 1.807) is 6.20 Å². The summed E-state index contributed by atoms with van der Waals surface area (Å²) in [5.41, 5.74) is 3.38. The van der Waals surface area contributed by atoms with E-state index >= 15 is 0 Å². The van der Waals surface area contributed by atoms with Gasteiger partial charge in [0.2, 0.25) is 0 Å². The van der Waals surface area contributed by atoms with Gasteiger partial charge in [-0.2, -0.15) is 4.98 Å². The van der Waals surface area contributed by atoms with Crippen molar-refractivity contribution >= 4 is 17.7 Å². The number of aromatic nitrogens is 3. The number of carbonyl (C=O) groups is 1. The molecule has 2 atom stereocenters. The molecule has 8 heteroatoms. The van der Waals surface area contributed by atoms with E-state index in [4.69, 9.17) is 4.52 Å². The molecule has 34 heavy (non-hydrogen) atoms. The van der Waals surface area contributed by atoms with Crippen LogP contribution in [0.15, 0.2) is 16.8 Å². The second-order valence-corrected chi connectivity index (χ2v) is 11.2. The van der Waals surface area contributed by atoms with E-state index in [9.17, 15) is 9.90 Å². The SMILES string of the molecule is O=C(c1noc(-c2cnc3c(c2NC2C4CC5CC2CC(O)(C5)C4)C=CC3)n1)N1CCCCC1. The first-order chi connectivity index (χ1) is 16.6. The number of amides is 1. The van der Waals surface area contributed by atoms with Crippen LogP contribution in [0.3, 0.4) is 0 Å². The number of likely N-dealkylation sites (tertiary alicyclic amines) is 1. The molecule has 1 aliphatic heterocycles. The van der Waals surface area contributed by atoms with Crippen LogP contribution in [0.1, 0.15) is 73.2 Å². The number of pyridine rings is 1. The predicted molar refractivity (Wildman–Crippen MR) is 126 cm³/mol. The third-order valence-corrected chi connectivity index (χ3v) is 8.84. The van der Waals surface area contributed by atoms with Crippen LogP contribution in [0.2, 0.25) is 0 Å². The number of carbonyl (C=O) groups excluding carboxylic acids is 1. The zero-order chi connectivity index (χ0) is 22.9. The molecule has 5 aliphatic carbocycles. The Bertz CT molecular complexity index is 1150.